The van der Waals surface area contributed by atoms with Crippen molar-refractivity contribution >= 4 is 51.9 Å². The van der Waals surface area contributed by atoms with Crippen molar-refractivity contribution < 1.29 is 9.53 Å². The van der Waals surface area contributed by atoms with E-state index in [0.717, 1.165) is 46.7 Å². The van der Waals surface area contributed by atoms with Crippen LogP contribution in [-0.2, 0) is 11.4 Å². The topological polar surface area (TPSA) is 47.4 Å². The third-order valence-electron chi connectivity index (χ3n) is 7.08. The third-order valence-corrected chi connectivity index (χ3v) is 8.71. The zero-order chi connectivity index (χ0) is 29.3. The fourth-order valence-electron chi connectivity index (χ4n) is 4.79. The lowest BCUT2D eigenvalue weighted by Gasteiger charge is -2.14. The van der Waals surface area contributed by atoms with Crippen molar-refractivity contribution in [3.8, 4) is 22.7 Å². The zero-order valence-electron chi connectivity index (χ0n) is 23.7. The second-order valence-corrected chi connectivity index (χ2v) is 12.4. The van der Waals surface area contributed by atoms with E-state index in [1.54, 1.807) is 4.90 Å². The predicted octanol–water partition coefficient (Wildman–Crippen LogP) is 9.33. The van der Waals surface area contributed by atoms with E-state index < -0.39 is 0 Å². The summed E-state index contributed by atoms with van der Waals surface area (Å²) in [5, 5.41) is 5.64. The van der Waals surface area contributed by atoms with Crippen LogP contribution in [0.5, 0.6) is 5.75 Å². The van der Waals surface area contributed by atoms with Gasteiger partial charge in [0, 0.05) is 28.9 Å². The summed E-state index contributed by atoms with van der Waals surface area (Å²) in [7, 11) is 0. The van der Waals surface area contributed by atoms with Crippen molar-refractivity contribution in [2.45, 2.75) is 52.1 Å². The lowest BCUT2D eigenvalue weighted by molar-refractivity contribution is -0.122. The quantitative estimate of drug-likeness (QED) is 0.0852. The Morgan fingerprint density at radius 1 is 0.952 bits per heavy atom. The van der Waals surface area contributed by atoms with Crippen LogP contribution in [0.3, 0.4) is 0 Å². The van der Waals surface area contributed by atoms with Gasteiger partial charge in [-0.25, -0.2) is 4.68 Å². The number of nitrogens with zero attached hydrogens (tertiary/aromatic N) is 3. The van der Waals surface area contributed by atoms with Crippen LogP contribution in [0, 0.1) is 0 Å². The molecule has 2 heterocycles. The lowest BCUT2D eigenvalue weighted by atomic mass is 10.1. The van der Waals surface area contributed by atoms with Crippen molar-refractivity contribution in [2.75, 3.05) is 6.54 Å². The minimum atomic E-state index is -0.0305. The first-order chi connectivity index (χ1) is 20.5. The molecule has 1 aliphatic rings. The smallest absolute Gasteiger partial charge is 0.266 e. The summed E-state index contributed by atoms with van der Waals surface area (Å²) in [5.41, 5.74) is 4.46. The van der Waals surface area contributed by atoms with Gasteiger partial charge in [0.2, 0.25) is 0 Å². The summed E-state index contributed by atoms with van der Waals surface area (Å²) in [6, 6.07) is 25.4. The van der Waals surface area contributed by atoms with Crippen LogP contribution in [0.15, 0.2) is 90.0 Å². The Bertz CT molecular complexity index is 1550. The summed E-state index contributed by atoms with van der Waals surface area (Å²) in [5.74, 6) is 0.699. The summed E-state index contributed by atoms with van der Waals surface area (Å²) >= 11 is 13.0. The highest BCUT2D eigenvalue weighted by Crippen LogP contribution is 2.35. The fourth-order valence-corrected chi connectivity index (χ4v) is 6.22. The first-order valence-electron chi connectivity index (χ1n) is 14.4. The van der Waals surface area contributed by atoms with E-state index in [1.807, 2.05) is 95.8 Å². The van der Waals surface area contributed by atoms with Gasteiger partial charge in [-0.3, -0.25) is 9.69 Å². The van der Waals surface area contributed by atoms with E-state index in [4.69, 9.17) is 33.7 Å². The number of ether oxygens (including phenoxy) is 1. The SMILES string of the molecule is CCCCCCCCN1C(=O)/C(=C/c2cn(-c3ccccc3)nc2-c2cccc(OCc3ccc(Cl)cc3)c2)SC1=S. The molecule has 1 fully saturated rings. The molecule has 1 amide bonds. The van der Waals surface area contributed by atoms with Gasteiger partial charge in [0.25, 0.3) is 5.91 Å². The number of aromatic nitrogens is 2. The van der Waals surface area contributed by atoms with Crippen molar-refractivity contribution in [1.82, 2.24) is 14.7 Å². The fraction of sp³-hybridized carbons (Fsp3) is 0.265. The van der Waals surface area contributed by atoms with Crippen molar-refractivity contribution in [3.63, 3.8) is 0 Å². The normalized spacial score (nSPS) is 14.2. The summed E-state index contributed by atoms with van der Waals surface area (Å²) in [6.07, 6.45) is 10.9. The number of halogens is 1. The number of hydrogen-bond donors (Lipinski definition) is 0. The summed E-state index contributed by atoms with van der Waals surface area (Å²) in [6.45, 7) is 3.30. The molecule has 0 spiro atoms. The molecule has 0 atom stereocenters. The van der Waals surface area contributed by atoms with Gasteiger partial charge < -0.3 is 4.74 Å². The van der Waals surface area contributed by atoms with Crippen LogP contribution in [0.2, 0.25) is 5.02 Å². The molecule has 1 saturated heterocycles. The summed E-state index contributed by atoms with van der Waals surface area (Å²) < 4.78 is 8.56. The van der Waals surface area contributed by atoms with Crippen molar-refractivity contribution in [2.24, 2.45) is 0 Å². The minimum absolute atomic E-state index is 0.0305. The highest BCUT2D eigenvalue weighted by atomic mass is 35.5. The first-order valence-corrected chi connectivity index (χ1v) is 16.0. The molecule has 42 heavy (non-hydrogen) atoms. The van der Waals surface area contributed by atoms with Crippen molar-refractivity contribution in [1.29, 1.82) is 0 Å². The standard InChI is InChI=1S/C34H34ClN3O2S2/c1-2-3-4-5-6-10-20-37-33(39)31(42-34(37)41)22-27-23-38(29-13-8-7-9-14-29)36-32(27)26-12-11-15-30(21-26)40-24-25-16-18-28(35)19-17-25/h7-9,11-19,21-23H,2-6,10,20,24H2,1H3/b31-22-. The van der Waals surface area contributed by atoms with Crippen LogP contribution < -0.4 is 4.74 Å². The van der Waals surface area contributed by atoms with E-state index in [1.165, 1.54) is 37.4 Å². The van der Waals surface area contributed by atoms with Gasteiger partial charge in [0.15, 0.2) is 0 Å². The largest absolute Gasteiger partial charge is 0.489 e. The molecule has 0 radical (unpaired) electrons. The molecule has 0 bridgehead atoms. The molecule has 1 aromatic heterocycles. The molecule has 0 N–H and O–H groups in total. The van der Waals surface area contributed by atoms with Crippen LogP contribution in [-0.4, -0.2) is 31.5 Å². The lowest BCUT2D eigenvalue weighted by Crippen LogP contribution is -2.29. The van der Waals surface area contributed by atoms with Gasteiger partial charge in [-0.15, -0.1) is 0 Å². The molecule has 0 aliphatic carbocycles. The molecule has 8 heteroatoms. The number of unbranched alkanes of at least 4 members (excludes halogenated alkanes) is 5. The first kappa shape index (κ1) is 30.1. The highest BCUT2D eigenvalue weighted by Gasteiger charge is 2.32. The molecule has 3 aromatic carbocycles. The Hall–Kier alpha value is -3.39. The van der Waals surface area contributed by atoms with E-state index in [9.17, 15) is 4.79 Å². The Balaban J connectivity index is 1.38. The van der Waals surface area contributed by atoms with Gasteiger partial charge in [0.1, 0.15) is 22.4 Å². The molecule has 216 valence electrons. The van der Waals surface area contributed by atoms with E-state index in [0.29, 0.717) is 27.4 Å². The Morgan fingerprint density at radius 2 is 1.71 bits per heavy atom. The maximum absolute atomic E-state index is 13.4. The Morgan fingerprint density at radius 3 is 2.50 bits per heavy atom. The number of para-hydroxylation sites is 1. The predicted molar refractivity (Wildman–Crippen MR) is 178 cm³/mol. The van der Waals surface area contributed by atoms with E-state index in [2.05, 4.69) is 6.92 Å². The molecule has 0 unspecified atom stereocenters. The molecule has 4 aromatic rings. The van der Waals surface area contributed by atoms with Gasteiger partial charge in [-0.2, -0.15) is 5.10 Å². The number of carbonyl (C=O) groups excluding carboxylic acids is 1. The molecule has 5 nitrogen and oxygen atoms in total. The molecule has 1 aliphatic heterocycles. The Labute approximate surface area is 262 Å². The maximum Gasteiger partial charge on any atom is 0.266 e. The van der Waals surface area contributed by atoms with Crippen LogP contribution >= 0.6 is 35.6 Å². The molecule has 0 saturated carbocycles. The highest BCUT2D eigenvalue weighted by molar-refractivity contribution is 8.26. The number of rotatable bonds is 13. The Kier molecular flexibility index (Phi) is 10.5. The molecular formula is C34H34ClN3O2S2. The third kappa shape index (κ3) is 7.71. The number of thiocarbonyl (C=S) groups is 1. The van der Waals surface area contributed by atoms with E-state index in [-0.39, 0.29) is 5.91 Å². The van der Waals surface area contributed by atoms with Gasteiger partial charge in [-0.05, 0) is 54.5 Å². The monoisotopic (exact) mass is 615 g/mol. The minimum Gasteiger partial charge on any atom is -0.489 e. The van der Waals surface area contributed by atoms with Gasteiger partial charge in [-0.1, -0.05) is 117 Å². The maximum atomic E-state index is 13.4. The number of hydrogen-bond acceptors (Lipinski definition) is 5. The zero-order valence-corrected chi connectivity index (χ0v) is 26.1. The van der Waals surface area contributed by atoms with E-state index >= 15 is 0 Å². The van der Waals surface area contributed by atoms with Gasteiger partial charge >= 0.3 is 0 Å². The molecular weight excluding hydrogens is 582 g/mol. The second-order valence-electron chi connectivity index (χ2n) is 10.3. The van der Waals surface area contributed by atoms with Crippen molar-refractivity contribution in [3.05, 3.63) is 106 Å². The number of benzene rings is 3. The number of carbonyl (C=O) groups is 1. The summed E-state index contributed by atoms with van der Waals surface area (Å²) in [4.78, 5) is 15.8. The molecule has 5 rings (SSSR count). The van der Waals surface area contributed by atoms with Crippen LogP contribution in [0.1, 0.15) is 56.6 Å². The average molecular weight is 616 g/mol. The second kappa shape index (κ2) is 14.7. The average Bonchev–Trinajstić information content (AvgIpc) is 3.55. The number of amides is 1. The number of thioether (sulfide) groups is 1. The van der Waals surface area contributed by atoms with Gasteiger partial charge in [0.05, 0.1) is 10.6 Å². The van der Waals surface area contributed by atoms with Crippen LogP contribution in [0.4, 0.5) is 0 Å². The van der Waals surface area contributed by atoms with Crippen LogP contribution in [0.25, 0.3) is 23.0 Å².